The molecule has 2 rings (SSSR count). The Balaban J connectivity index is 2.40. The molecule has 2 heterocycles. The van der Waals surface area contributed by atoms with Gasteiger partial charge in [0.15, 0.2) is 0 Å². The van der Waals surface area contributed by atoms with Crippen molar-refractivity contribution < 1.29 is 4.42 Å². The van der Waals surface area contributed by atoms with Crippen molar-refractivity contribution in [2.75, 3.05) is 0 Å². The zero-order chi connectivity index (χ0) is 11.7. The number of nitrogens with two attached hydrogens (primary N) is 1. The van der Waals surface area contributed by atoms with Crippen LogP contribution in [0.25, 0.3) is 0 Å². The smallest absolute Gasteiger partial charge is 0.106 e. The molecular formula is C12H16N2OS. The maximum atomic E-state index is 5.64. The Kier molecular flexibility index (Phi) is 3.14. The molecule has 4 heteroatoms. The number of rotatable bonds is 3. The van der Waals surface area contributed by atoms with Gasteiger partial charge < -0.3 is 4.42 Å². The summed E-state index contributed by atoms with van der Waals surface area (Å²) in [6.45, 7) is 6.01. The summed E-state index contributed by atoms with van der Waals surface area (Å²) >= 11 is 1.75. The van der Waals surface area contributed by atoms with Crippen LogP contribution in [0.1, 0.15) is 32.9 Å². The molecule has 0 aromatic carbocycles. The van der Waals surface area contributed by atoms with Crippen LogP contribution in [0.5, 0.6) is 0 Å². The Morgan fingerprint density at radius 3 is 2.50 bits per heavy atom. The highest BCUT2D eigenvalue weighted by Gasteiger charge is 2.19. The number of aryl methyl sites for hydroxylation is 3. The second kappa shape index (κ2) is 4.41. The number of furan rings is 1. The lowest BCUT2D eigenvalue weighted by molar-refractivity contribution is 0.495. The second-order valence-corrected chi connectivity index (χ2v) is 5.24. The molecule has 2 aromatic heterocycles. The topological polar surface area (TPSA) is 51.2 Å². The molecule has 16 heavy (non-hydrogen) atoms. The largest absolute Gasteiger partial charge is 0.466 e. The first-order valence-electron chi connectivity index (χ1n) is 5.21. The summed E-state index contributed by atoms with van der Waals surface area (Å²) in [5, 5.41) is 0. The Labute approximate surface area is 99.2 Å². The molecule has 0 fully saturated rings. The summed E-state index contributed by atoms with van der Waals surface area (Å²) in [4.78, 5) is 2.50. The van der Waals surface area contributed by atoms with Crippen molar-refractivity contribution in [2.24, 2.45) is 5.84 Å². The van der Waals surface area contributed by atoms with Gasteiger partial charge in [0.2, 0.25) is 0 Å². The van der Waals surface area contributed by atoms with Crippen LogP contribution in [0.3, 0.4) is 0 Å². The van der Waals surface area contributed by atoms with E-state index < -0.39 is 0 Å². The molecule has 0 aliphatic carbocycles. The van der Waals surface area contributed by atoms with Crippen LogP contribution >= 0.6 is 11.3 Å². The quantitative estimate of drug-likeness (QED) is 0.636. The van der Waals surface area contributed by atoms with E-state index >= 15 is 0 Å². The average Bonchev–Trinajstić information content (AvgIpc) is 2.76. The molecule has 0 aliphatic rings. The van der Waals surface area contributed by atoms with Crippen molar-refractivity contribution in [3.63, 3.8) is 0 Å². The van der Waals surface area contributed by atoms with Gasteiger partial charge in [0.05, 0.1) is 6.04 Å². The first-order chi connectivity index (χ1) is 7.61. The number of hydrogen-bond acceptors (Lipinski definition) is 4. The minimum atomic E-state index is 0.0242. The lowest BCUT2D eigenvalue weighted by Gasteiger charge is -2.13. The third-order valence-corrected chi connectivity index (χ3v) is 3.67. The van der Waals surface area contributed by atoms with Crippen LogP contribution in [0.2, 0.25) is 0 Å². The minimum Gasteiger partial charge on any atom is -0.466 e. The van der Waals surface area contributed by atoms with Gasteiger partial charge in [0.1, 0.15) is 11.5 Å². The highest BCUT2D eigenvalue weighted by molar-refractivity contribution is 7.12. The van der Waals surface area contributed by atoms with Gasteiger partial charge in [-0.15, -0.1) is 11.3 Å². The highest BCUT2D eigenvalue weighted by atomic mass is 32.1. The maximum absolute atomic E-state index is 5.64. The fourth-order valence-corrected chi connectivity index (χ4v) is 2.83. The predicted octanol–water partition coefficient (Wildman–Crippen LogP) is 2.82. The minimum absolute atomic E-state index is 0.0242. The van der Waals surface area contributed by atoms with Gasteiger partial charge in [-0.2, -0.15) is 0 Å². The van der Waals surface area contributed by atoms with E-state index in [0.717, 1.165) is 17.1 Å². The first-order valence-corrected chi connectivity index (χ1v) is 6.03. The van der Waals surface area contributed by atoms with E-state index in [-0.39, 0.29) is 6.04 Å². The van der Waals surface area contributed by atoms with Gasteiger partial charge in [-0.3, -0.25) is 5.84 Å². The zero-order valence-corrected chi connectivity index (χ0v) is 10.5. The van der Waals surface area contributed by atoms with E-state index in [0.29, 0.717) is 0 Å². The van der Waals surface area contributed by atoms with Crippen LogP contribution in [-0.2, 0) is 0 Å². The second-order valence-electron chi connectivity index (χ2n) is 3.92. The summed E-state index contributed by atoms with van der Waals surface area (Å²) in [7, 11) is 0. The predicted molar refractivity (Wildman–Crippen MR) is 66.4 cm³/mol. The first kappa shape index (κ1) is 11.4. The molecule has 0 spiro atoms. The fraction of sp³-hybridized carbons (Fsp3) is 0.333. The van der Waals surface area contributed by atoms with E-state index in [9.17, 15) is 0 Å². The molecule has 0 saturated carbocycles. The SMILES string of the molecule is Cc1cc(C(NN)c2ccc(C)s2)c(C)o1. The van der Waals surface area contributed by atoms with E-state index in [1.54, 1.807) is 11.3 Å². The van der Waals surface area contributed by atoms with Crippen molar-refractivity contribution in [1.82, 2.24) is 5.43 Å². The molecule has 0 saturated heterocycles. The molecular weight excluding hydrogens is 220 g/mol. The van der Waals surface area contributed by atoms with Gasteiger partial charge in [0.25, 0.3) is 0 Å². The van der Waals surface area contributed by atoms with Crippen LogP contribution in [0, 0.1) is 20.8 Å². The highest BCUT2D eigenvalue weighted by Crippen LogP contribution is 2.30. The van der Waals surface area contributed by atoms with Gasteiger partial charge in [-0.1, -0.05) is 0 Å². The zero-order valence-electron chi connectivity index (χ0n) is 9.70. The molecule has 0 bridgehead atoms. The Hall–Kier alpha value is -1.10. The van der Waals surface area contributed by atoms with Crippen LogP contribution in [0.15, 0.2) is 22.6 Å². The van der Waals surface area contributed by atoms with E-state index in [2.05, 4.69) is 24.5 Å². The Morgan fingerprint density at radius 2 is 2.06 bits per heavy atom. The van der Waals surface area contributed by atoms with Gasteiger partial charge in [-0.05, 0) is 39.0 Å². The molecule has 1 unspecified atom stereocenters. The maximum Gasteiger partial charge on any atom is 0.106 e. The van der Waals surface area contributed by atoms with E-state index in [1.807, 2.05) is 19.9 Å². The lowest BCUT2D eigenvalue weighted by atomic mass is 10.1. The number of hydrogen-bond donors (Lipinski definition) is 2. The third-order valence-electron chi connectivity index (χ3n) is 2.60. The average molecular weight is 236 g/mol. The Bertz CT molecular complexity index is 487. The molecule has 3 nitrogen and oxygen atoms in total. The summed E-state index contributed by atoms with van der Waals surface area (Å²) < 4.78 is 5.53. The standard InChI is InChI=1S/C12H16N2OS/c1-7-6-10(9(3)15-7)12(14-13)11-5-4-8(2)16-11/h4-6,12,14H,13H2,1-3H3. The number of thiophene rings is 1. The van der Waals surface area contributed by atoms with Gasteiger partial charge in [-0.25, -0.2) is 5.43 Å². The third kappa shape index (κ3) is 2.04. The summed E-state index contributed by atoms with van der Waals surface area (Å²) in [6.07, 6.45) is 0. The van der Waals surface area contributed by atoms with Crippen LogP contribution in [-0.4, -0.2) is 0 Å². The van der Waals surface area contributed by atoms with Crippen molar-refractivity contribution in [2.45, 2.75) is 26.8 Å². The number of hydrazine groups is 1. The molecule has 3 N–H and O–H groups in total. The summed E-state index contributed by atoms with van der Waals surface area (Å²) in [5.41, 5.74) is 3.97. The van der Waals surface area contributed by atoms with E-state index in [4.69, 9.17) is 10.3 Å². The van der Waals surface area contributed by atoms with Crippen molar-refractivity contribution in [1.29, 1.82) is 0 Å². The van der Waals surface area contributed by atoms with Gasteiger partial charge in [0, 0.05) is 15.3 Å². The normalized spacial score (nSPS) is 13.0. The van der Waals surface area contributed by atoms with Crippen LogP contribution < -0.4 is 11.3 Å². The number of nitrogens with one attached hydrogen (secondary N) is 1. The molecule has 0 radical (unpaired) electrons. The molecule has 1 atom stereocenters. The van der Waals surface area contributed by atoms with Crippen molar-refractivity contribution >= 4 is 11.3 Å². The fourth-order valence-electron chi connectivity index (χ4n) is 1.87. The molecule has 86 valence electrons. The van der Waals surface area contributed by atoms with E-state index in [1.165, 1.54) is 9.75 Å². The van der Waals surface area contributed by atoms with Gasteiger partial charge >= 0.3 is 0 Å². The Morgan fingerprint density at radius 1 is 1.31 bits per heavy atom. The molecule has 2 aromatic rings. The van der Waals surface area contributed by atoms with Crippen molar-refractivity contribution in [3.05, 3.63) is 45.0 Å². The summed E-state index contributed by atoms with van der Waals surface area (Å²) in [5.74, 6) is 7.48. The van der Waals surface area contributed by atoms with Crippen molar-refractivity contribution in [3.8, 4) is 0 Å². The monoisotopic (exact) mass is 236 g/mol. The van der Waals surface area contributed by atoms with Crippen LogP contribution in [0.4, 0.5) is 0 Å². The molecule has 0 amide bonds. The summed E-state index contributed by atoms with van der Waals surface area (Å²) in [6, 6.07) is 6.27. The molecule has 0 aliphatic heterocycles. The lowest BCUT2D eigenvalue weighted by Crippen LogP contribution is -2.28.